The molecule has 0 bridgehead atoms. The highest BCUT2D eigenvalue weighted by atomic mass is 79.9. The molecular formula is C14H9BrF2O. The number of halogens is 3. The predicted molar refractivity (Wildman–Crippen MR) is 68.5 cm³/mol. The Morgan fingerprint density at radius 1 is 1.06 bits per heavy atom. The molecule has 0 N–H and O–H groups in total. The van der Waals surface area contributed by atoms with Crippen LogP contribution < -0.4 is 0 Å². The van der Waals surface area contributed by atoms with Crippen molar-refractivity contribution in [2.75, 3.05) is 0 Å². The first-order valence-corrected chi connectivity index (χ1v) is 6.08. The molecule has 0 aliphatic rings. The van der Waals surface area contributed by atoms with E-state index in [1.807, 2.05) is 0 Å². The van der Waals surface area contributed by atoms with Crippen molar-refractivity contribution in [2.24, 2.45) is 0 Å². The molecule has 0 spiro atoms. The maximum Gasteiger partial charge on any atom is 0.167 e. The number of carbonyl (C=O) groups excluding carboxylic acids is 1. The lowest BCUT2D eigenvalue weighted by atomic mass is 10.0. The predicted octanol–water partition coefficient (Wildman–Crippen LogP) is 4.15. The van der Waals surface area contributed by atoms with E-state index in [1.54, 1.807) is 6.07 Å². The van der Waals surface area contributed by atoms with Gasteiger partial charge in [-0.25, -0.2) is 8.78 Å². The summed E-state index contributed by atoms with van der Waals surface area (Å²) in [5.41, 5.74) is 0.983. The van der Waals surface area contributed by atoms with Crippen LogP contribution in [0.2, 0.25) is 0 Å². The van der Waals surface area contributed by atoms with Gasteiger partial charge in [0.15, 0.2) is 5.78 Å². The lowest BCUT2D eigenvalue weighted by molar-refractivity contribution is 0.0992. The Labute approximate surface area is 112 Å². The fraction of sp³-hybridized carbons (Fsp3) is 0.0714. The van der Waals surface area contributed by atoms with Crippen LogP contribution in [0.4, 0.5) is 8.78 Å². The third kappa shape index (κ3) is 3.01. The number of hydrogen-bond acceptors (Lipinski definition) is 1. The maximum absolute atomic E-state index is 13.0. The summed E-state index contributed by atoms with van der Waals surface area (Å²) in [6.07, 6.45) is 0.102. The molecule has 2 aromatic carbocycles. The molecule has 18 heavy (non-hydrogen) atoms. The zero-order chi connectivity index (χ0) is 13.1. The van der Waals surface area contributed by atoms with Crippen LogP contribution in [0.5, 0.6) is 0 Å². The van der Waals surface area contributed by atoms with Crippen molar-refractivity contribution in [1.82, 2.24) is 0 Å². The average Bonchev–Trinajstić information content (AvgIpc) is 2.32. The van der Waals surface area contributed by atoms with Crippen LogP contribution in [-0.2, 0) is 6.42 Å². The Morgan fingerprint density at radius 2 is 1.78 bits per heavy atom. The molecule has 0 heterocycles. The summed E-state index contributed by atoms with van der Waals surface area (Å²) in [5, 5.41) is 0. The van der Waals surface area contributed by atoms with Crippen molar-refractivity contribution >= 4 is 21.7 Å². The van der Waals surface area contributed by atoms with E-state index in [9.17, 15) is 13.6 Å². The van der Waals surface area contributed by atoms with Gasteiger partial charge in [0.25, 0.3) is 0 Å². The number of benzene rings is 2. The summed E-state index contributed by atoms with van der Waals surface area (Å²) in [4.78, 5) is 11.9. The van der Waals surface area contributed by atoms with Crippen molar-refractivity contribution in [3.63, 3.8) is 0 Å². The van der Waals surface area contributed by atoms with Crippen molar-refractivity contribution in [3.8, 4) is 0 Å². The second-order valence-corrected chi connectivity index (χ2v) is 4.70. The van der Waals surface area contributed by atoms with Gasteiger partial charge in [-0.1, -0.05) is 34.1 Å². The van der Waals surface area contributed by atoms with E-state index in [1.165, 1.54) is 36.4 Å². The molecule has 4 heteroatoms. The first-order valence-electron chi connectivity index (χ1n) is 5.29. The van der Waals surface area contributed by atoms with Crippen LogP contribution >= 0.6 is 15.9 Å². The van der Waals surface area contributed by atoms with E-state index in [0.717, 1.165) is 0 Å². The lowest BCUT2D eigenvalue weighted by Crippen LogP contribution is -2.04. The van der Waals surface area contributed by atoms with Crippen LogP contribution in [0.3, 0.4) is 0 Å². The normalized spacial score (nSPS) is 10.4. The summed E-state index contributed by atoms with van der Waals surface area (Å²) in [6, 6.07) is 9.65. The Kier molecular flexibility index (Phi) is 3.87. The van der Waals surface area contributed by atoms with Crippen LogP contribution in [0.1, 0.15) is 15.9 Å². The molecule has 0 saturated heterocycles. The van der Waals surface area contributed by atoms with Crippen LogP contribution in [0.25, 0.3) is 0 Å². The summed E-state index contributed by atoms with van der Waals surface area (Å²) in [7, 11) is 0. The Balaban J connectivity index is 2.21. The largest absolute Gasteiger partial charge is 0.294 e. The molecular weight excluding hydrogens is 302 g/mol. The Morgan fingerprint density at radius 3 is 2.44 bits per heavy atom. The van der Waals surface area contributed by atoms with Gasteiger partial charge < -0.3 is 0 Å². The molecule has 2 rings (SSSR count). The molecule has 0 aliphatic carbocycles. The summed E-state index contributed by atoms with van der Waals surface area (Å²) in [5.74, 6) is -1.02. The van der Waals surface area contributed by atoms with E-state index in [0.29, 0.717) is 15.6 Å². The van der Waals surface area contributed by atoms with Crippen LogP contribution in [0.15, 0.2) is 46.9 Å². The first-order chi connectivity index (χ1) is 8.56. The second-order valence-electron chi connectivity index (χ2n) is 3.85. The smallest absolute Gasteiger partial charge is 0.167 e. The Bertz CT molecular complexity index is 596. The molecule has 0 fully saturated rings. The Hall–Kier alpha value is -1.55. The van der Waals surface area contributed by atoms with Gasteiger partial charge in [0, 0.05) is 16.5 Å². The molecule has 0 unspecified atom stereocenters. The fourth-order valence-corrected chi connectivity index (χ4v) is 2.09. The van der Waals surface area contributed by atoms with Crippen molar-refractivity contribution in [2.45, 2.75) is 6.42 Å². The third-order valence-electron chi connectivity index (χ3n) is 2.51. The second kappa shape index (κ2) is 5.40. The third-order valence-corrected chi connectivity index (χ3v) is 3.25. The fourth-order valence-electron chi connectivity index (χ4n) is 1.60. The van der Waals surface area contributed by atoms with E-state index >= 15 is 0 Å². The lowest BCUT2D eigenvalue weighted by Gasteiger charge is -2.04. The number of carbonyl (C=O) groups is 1. The highest BCUT2D eigenvalue weighted by molar-refractivity contribution is 9.10. The minimum absolute atomic E-state index is 0.102. The molecule has 0 aromatic heterocycles. The molecule has 0 saturated carbocycles. The summed E-state index contributed by atoms with van der Waals surface area (Å²) < 4.78 is 26.4. The standard InChI is InChI=1S/C14H9BrF2O/c15-13-8-12(17)5-4-9(13)7-14(18)10-2-1-3-11(16)6-10/h1-6,8H,7H2. The highest BCUT2D eigenvalue weighted by Gasteiger charge is 2.10. The molecule has 0 aliphatic heterocycles. The monoisotopic (exact) mass is 310 g/mol. The molecule has 0 radical (unpaired) electrons. The SMILES string of the molecule is O=C(Cc1ccc(F)cc1Br)c1cccc(F)c1. The number of ketones is 1. The number of hydrogen-bond donors (Lipinski definition) is 0. The van der Waals surface area contributed by atoms with Gasteiger partial charge >= 0.3 is 0 Å². The van der Waals surface area contributed by atoms with E-state index < -0.39 is 5.82 Å². The minimum atomic E-state index is -0.445. The number of rotatable bonds is 3. The summed E-state index contributed by atoms with van der Waals surface area (Å²) >= 11 is 3.20. The van der Waals surface area contributed by atoms with Crippen molar-refractivity contribution in [3.05, 3.63) is 69.7 Å². The van der Waals surface area contributed by atoms with E-state index in [4.69, 9.17) is 0 Å². The quantitative estimate of drug-likeness (QED) is 0.778. The maximum atomic E-state index is 13.0. The molecule has 1 nitrogen and oxygen atoms in total. The number of Topliss-reactive ketones (excluding diaryl/α,β-unsaturated/α-hetero) is 1. The summed E-state index contributed by atoms with van der Waals surface area (Å²) in [6.45, 7) is 0. The molecule has 0 amide bonds. The van der Waals surface area contributed by atoms with Gasteiger partial charge in [-0.05, 0) is 29.8 Å². The topological polar surface area (TPSA) is 17.1 Å². The molecule has 0 atom stereocenters. The minimum Gasteiger partial charge on any atom is -0.294 e. The molecule has 2 aromatic rings. The van der Waals surface area contributed by atoms with Crippen molar-refractivity contribution in [1.29, 1.82) is 0 Å². The zero-order valence-electron chi connectivity index (χ0n) is 9.29. The van der Waals surface area contributed by atoms with Gasteiger partial charge in [0.05, 0.1) is 0 Å². The average molecular weight is 311 g/mol. The van der Waals surface area contributed by atoms with Gasteiger partial charge in [0.1, 0.15) is 11.6 Å². The van der Waals surface area contributed by atoms with Crippen LogP contribution in [0, 0.1) is 11.6 Å². The van der Waals surface area contributed by atoms with Gasteiger partial charge in [0.2, 0.25) is 0 Å². The van der Waals surface area contributed by atoms with Gasteiger partial charge in [-0.3, -0.25) is 4.79 Å². The first kappa shape index (κ1) is 12.9. The van der Waals surface area contributed by atoms with Gasteiger partial charge in [-0.15, -0.1) is 0 Å². The van der Waals surface area contributed by atoms with E-state index in [2.05, 4.69) is 15.9 Å². The van der Waals surface area contributed by atoms with Crippen molar-refractivity contribution < 1.29 is 13.6 Å². The van der Waals surface area contributed by atoms with Gasteiger partial charge in [-0.2, -0.15) is 0 Å². The zero-order valence-corrected chi connectivity index (χ0v) is 10.9. The van der Waals surface area contributed by atoms with E-state index in [-0.39, 0.29) is 18.0 Å². The molecule has 92 valence electrons. The highest BCUT2D eigenvalue weighted by Crippen LogP contribution is 2.20. The van der Waals surface area contributed by atoms with Crippen LogP contribution in [-0.4, -0.2) is 5.78 Å².